The van der Waals surface area contributed by atoms with E-state index in [0.29, 0.717) is 11.3 Å². The van der Waals surface area contributed by atoms with Gasteiger partial charge in [-0.05, 0) is 50.0 Å². The highest BCUT2D eigenvalue weighted by atomic mass is 16.6. The fourth-order valence-corrected chi connectivity index (χ4v) is 7.42. The van der Waals surface area contributed by atoms with Gasteiger partial charge in [-0.15, -0.1) is 0 Å². The first kappa shape index (κ1) is 17.5. The van der Waals surface area contributed by atoms with Crippen LogP contribution in [0.2, 0.25) is 0 Å². The van der Waals surface area contributed by atoms with Crippen molar-refractivity contribution in [2.24, 2.45) is 28.6 Å². The number of esters is 1. The van der Waals surface area contributed by atoms with Gasteiger partial charge in [0.15, 0.2) is 0 Å². The number of fused-ring (bicyclic) bond motifs is 2. The minimum Gasteiger partial charge on any atom is -0.462 e. The number of piperidine rings is 1. The van der Waals surface area contributed by atoms with Crippen LogP contribution in [-0.2, 0) is 14.3 Å². The van der Waals surface area contributed by atoms with Crippen LogP contribution in [-0.4, -0.2) is 48.3 Å². The molecule has 4 nitrogen and oxygen atoms in total. The smallest absolute Gasteiger partial charge is 0.311 e. The summed E-state index contributed by atoms with van der Waals surface area (Å²) in [7, 11) is 0. The molecule has 2 saturated carbocycles. The Balaban J connectivity index is 1.38. The zero-order valence-electron chi connectivity index (χ0n) is 16.9. The van der Waals surface area contributed by atoms with Crippen LogP contribution in [0.3, 0.4) is 0 Å². The minimum absolute atomic E-state index is 0.0111. The molecule has 0 aromatic carbocycles. The van der Waals surface area contributed by atoms with Gasteiger partial charge in [0.05, 0.1) is 12.0 Å². The first-order valence-electron chi connectivity index (χ1n) is 10.9. The second-order valence-electron chi connectivity index (χ2n) is 11.1. The molecule has 0 radical (unpaired) electrons. The molecule has 0 aromatic rings. The summed E-state index contributed by atoms with van der Waals surface area (Å²) in [6.07, 6.45) is 7.64. The molecule has 5 rings (SSSR count). The number of hydrogen-bond acceptors (Lipinski definition) is 4. The second kappa shape index (κ2) is 5.47. The van der Waals surface area contributed by atoms with E-state index in [1.54, 1.807) is 0 Å². The van der Waals surface area contributed by atoms with Gasteiger partial charge < -0.3 is 14.4 Å². The van der Waals surface area contributed by atoms with E-state index in [1.165, 1.54) is 32.1 Å². The minimum atomic E-state index is 0.0111. The van der Waals surface area contributed by atoms with E-state index >= 15 is 0 Å². The molecule has 3 saturated heterocycles. The molecule has 3 aliphatic heterocycles. The molecule has 0 amide bonds. The standard InChI is InChI=1S/C22H35NO3/c1-14-7-5-9-21(4)11-16-17(18-22(14,21)26-18)15(19(24)25-16)12-23-10-6-8-20(2,3)13-23/h14-18H,5-13H2,1-4H3. The summed E-state index contributed by atoms with van der Waals surface area (Å²) in [6, 6.07) is 0. The molecule has 1 spiro atoms. The maximum Gasteiger partial charge on any atom is 0.311 e. The third-order valence-electron chi connectivity index (χ3n) is 8.63. The molecule has 146 valence electrons. The highest BCUT2D eigenvalue weighted by Crippen LogP contribution is 2.70. The van der Waals surface area contributed by atoms with Crippen LogP contribution in [0.1, 0.15) is 66.2 Å². The van der Waals surface area contributed by atoms with E-state index in [9.17, 15) is 4.79 Å². The summed E-state index contributed by atoms with van der Waals surface area (Å²) < 4.78 is 12.5. The number of carbonyl (C=O) groups excluding carboxylic acids is 1. The van der Waals surface area contributed by atoms with Gasteiger partial charge in [0, 0.05) is 24.4 Å². The Hall–Kier alpha value is -0.610. The maximum atomic E-state index is 12.8. The second-order valence-corrected chi connectivity index (χ2v) is 11.1. The highest BCUT2D eigenvalue weighted by Gasteiger charge is 2.78. The zero-order valence-corrected chi connectivity index (χ0v) is 16.9. The topological polar surface area (TPSA) is 42.1 Å². The lowest BCUT2D eigenvalue weighted by Crippen LogP contribution is -2.55. The fourth-order valence-electron chi connectivity index (χ4n) is 7.42. The van der Waals surface area contributed by atoms with Crippen LogP contribution < -0.4 is 0 Å². The van der Waals surface area contributed by atoms with Gasteiger partial charge in [0.1, 0.15) is 11.7 Å². The van der Waals surface area contributed by atoms with E-state index in [4.69, 9.17) is 9.47 Å². The van der Waals surface area contributed by atoms with Gasteiger partial charge >= 0.3 is 5.97 Å². The average Bonchev–Trinajstić information content (AvgIpc) is 3.22. The molecule has 0 bridgehead atoms. The van der Waals surface area contributed by atoms with E-state index < -0.39 is 0 Å². The van der Waals surface area contributed by atoms with Crippen molar-refractivity contribution in [2.45, 2.75) is 84.0 Å². The van der Waals surface area contributed by atoms with Crippen molar-refractivity contribution in [2.75, 3.05) is 19.6 Å². The number of hydrogen-bond donors (Lipinski definition) is 0. The van der Waals surface area contributed by atoms with Gasteiger partial charge in [-0.3, -0.25) is 4.79 Å². The number of nitrogens with zero attached hydrogens (tertiary/aromatic N) is 1. The fraction of sp³-hybridized carbons (Fsp3) is 0.955. The molecular formula is C22H35NO3. The molecule has 2 aliphatic carbocycles. The molecule has 0 aromatic heterocycles. The van der Waals surface area contributed by atoms with Crippen LogP contribution in [0.5, 0.6) is 0 Å². The number of likely N-dealkylation sites (tertiary alicyclic amines) is 1. The Bertz CT molecular complexity index is 619. The third kappa shape index (κ3) is 2.30. The summed E-state index contributed by atoms with van der Waals surface area (Å²) in [5.74, 6) is 0.944. The summed E-state index contributed by atoms with van der Waals surface area (Å²) in [5, 5.41) is 0. The van der Waals surface area contributed by atoms with Crippen molar-refractivity contribution in [3.05, 3.63) is 0 Å². The van der Waals surface area contributed by atoms with Crippen molar-refractivity contribution >= 4 is 5.97 Å². The Morgan fingerprint density at radius 2 is 2.00 bits per heavy atom. The largest absolute Gasteiger partial charge is 0.462 e. The lowest BCUT2D eigenvalue weighted by atomic mass is 9.53. The van der Waals surface area contributed by atoms with Gasteiger partial charge in [-0.1, -0.05) is 34.1 Å². The monoisotopic (exact) mass is 361 g/mol. The lowest BCUT2D eigenvalue weighted by molar-refractivity contribution is -0.146. The first-order chi connectivity index (χ1) is 12.3. The molecule has 7 unspecified atom stereocenters. The first-order valence-corrected chi connectivity index (χ1v) is 10.9. The van der Waals surface area contributed by atoms with E-state index in [1.807, 2.05) is 0 Å². The summed E-state index contributed by atoms with van der Waals surface area (Å²) in [4.78, 5) is 15.3. The average molecular weight is 362 g/mol. The molecule has 26 heavy (non-hydrogen) atoms. The molecule has 3 heterocycles. The van der Waals surface area contributed by atoms with E-state index in [-0.39, 0.29) is 41.0 Å². The quantitative estimate of drug-likeness (QED) is 0.556. The summed E-state index contributed by atoms with van der Waals surface area (Å²) in [6.45, 7) is 12.6. The molecule has 0 N–H and O–H groups in total. The Labute approximate surface area is 158 Å². The zero-order chi connectivity index (χ0) is 18.3. The van der Waals surface area contributed by atoms with Crippen LogP contribution in [0.15, 0.2) is 0 Å². The molecule has 5 fully saturated rings. The molecule has 4 heteroatoms. The number of rotatable bonds is 2. The van der Waals surface area contributed by atoms with Gasteiger partial charge in [0.25, 0.3) is 0 Å². The van der Waals surface area contributed by atoms with Crippen molar-refractivity contribution in [3.63, 3.8) is 0 Å². The Kier molecular flexibility index (Phi) is 3.68. The van der Waals surface area contributed by atoms with Gasteiger partial charge in [0.2, 0.25) is 0 Å². The molecular weight excluding hydrogens is 326 g/mol. The normalized spacial score (nSPS) is 52.6. The maximum absolute atomic E-state index is 12.8. The van der Waals surface area contributed by atoms with Gasteiger partial charge in [-0.25, -0.2) is 0 Å². The van der Waals surface area contributed by atoms with Gasteiger partial charge in [-0.2, -0.15) is 0 Å². The van der Waals surface area contributed by atoms with Crippen molar-refractivity contribution in [1.82, 2.24) is 4.90 Å². The van der Waals surface area contributed by atoms with Crippen molar-refractivity contribution < 1.29 is 14.3 Å². The molecule has 7 atom stereocenters. The Morgan fingerprint density at radius 3 is 2.77 bits per heavy atom. The lowest BCUT2D eigenvalue weighted by Gasteiger charge is -2.49. The van der Waals surface area contributed by atoms with Crippen LogP contribution in [0.25, 0.3) is 0 Å². The number of carbonyl (C=O) groups is 1. The predicted molar refractivity (Wildman–Crippen MR) is 99.7 cm³/mol. The van der Waals surface area contributed by atoms with Crippen molar-refractivity contribution in [3.8, 4) is 0 Å². The highest BCUT2D eigenvalue weighted by molar-refractivity contribution is 5.76. The predicted octanol–water partition coefficient (Wildman–Crippen LogP) is 3.63. The third-order valence-corrected chi connectivity index (χ3v) is 8.63. The number of epoxide rings is 1. The summed E-state index contributed by atoms with van der Waals surface area (Å²) in [5.41, 5.74) is 0.582. The Morgan fingerprint density at radius 1 is 1.19 bits per heavy atom. The van der Waals surface area contributed by atoms with Crippen LogP contribution >= 0.6 is 0 Å². The van der Waals surface area contributed by atoms with Crippen LogP contribution in [0.4, 0.5) is 0 Å². The van der Waals surface area contributed by atoms with E-state index in [0.717, 1.165) is 26.1 Å². The van der Waals surface area contributed by atoms with Crippen LogP contribution in [0, 0.1) is 28.6 Å². The van der Waals surface area contributed by atoms with E-state index in [2.05, 4.69) is 32.6 Å². The molecule has 5 aliphatic rings. The SMILES string of the molecule is CC1CCCC2(C)CC3OC(=O)C(CN4CCCC(C)(C)C4)C3C3OC132. The van der Waals surface area contributed by atoms with Crippen molar-refractivity contribution in [1.29, 1.82) is 0 Å². The summed E-state index contributed by atoms with van der Waals surface area (Å²) >= 11 is 0. The number of ether oxygens (including phenoxy) is 2.